The number of benzene rings is 2. The van der Waals surface area contributed by atoms with E-state index in [2.05, 4.69) is 20.0 Å². The number of pyridine rings is 2. The van der Waals surface area contributed by atoms with Gasteiger partial charge in [-0.2, -0.15) is 0 Å². The molecular weight excluding hydrogens is 436 g/mol. The molecule has 2 aromatic carbocycles. The van der Waals surface area contributed by atoms with Crippen LogP contribution in [0.25, 0.3) is 22.0 Å². The van der Waals surface area contributed by atoms with Crippen molar-refractivity contribution in [2.75, 3.05) is 23.4 Å². The average Bonchev–Trinajstić information content (AvgIpc) is 2.72. The van der Waals surface area contributed by atoms with Gasteiger partial charge in [0.25, 0.3) is 0 Å². The minimum atomic E-state index is -3.49. The number of anilines is 3. The average molecular weight is 455 g/mol. The van der Waals surface area contributed by atoms with Crippen LogP contribution in [0.3, 0.4) is 0 Å². The van der Waals surface area contributed by atoms with E-state index in [1.165, 1.54) is 7.11 Å². The molecule has 4 rings (SSSR count). The molecule has 2 aromatic heterocycles. The first-order valence-corrected chi connectivity index (χ1v) is 11.5. The number of methoxy groups -OCH3 is 1. The smallest absolute Gasteiger partial charge is 0.238 e. The number of hydrogen-bond donors (Lipinski definition) is 2. The summed E-state index contributed by atoms with van der Waals surface area (Å²) in [6.07, 6.45) is 4.44. The van der Waals surface area contributed by atoms with Crippen molar-refractivity contribution in [1.29, 1.82) is 0 Å². The van der Waals surface area contributed by atoms with Crippen LogP contribution >= 0.6 is 11.6 Å². The van der Waals surface area contributed by atoms with Crippen LogP contribution in [0.2, 0.25) is 5.02 Å². The van der Waals surface area contributed by atoms with Crippen LogP contribution in [-0.2, 0) is 10.0 Å². The van der Waals surface area contributed by atoms with Crippen molar-refractivity contribution in [2.45, 2.75) is 0 Å². The summed E-state index contributed by atoms with van der Waals surface area (Å²) in [4.78, 5) is 8.68. The van der Waals surface area contributed by atoms with Crippen molar-refractivity contribution in [3.8, 4) is 17.0 Å². The van der Waals surface area contributed by atoms with Crippen LogP contribution in [0.15, 0.2) is 67.0 Å². The van der Waals surface area contributed by atoms with Gasteiger partial charge in [0.15, 0.2) is 0 Å². The summed E-state index contributed by atoms with van der Waals surface area (Å²) in [5.74, 6) is 0.194. The predicted molar refractivity (Wildman–Crippen MR) is 125 cm³/mol. The summed E-state index contributed by atoms with van der Waals surface area (Å²) < 4.78 is 31.0. The highest BCUT2D eigenvalue weighted by Gasteiger charge is 2.13. The number of nitrogens with one attached hydrogen (secondary N) is 2. The maximum Gasteiger partial charge on any atom is 0.238 e. The summed E-state index contributed by atoms with van der Waals surface area (Å²) in [6, 6.07) is 16.8. The van der Waals surface area contributed by atoms with Crippen LogP contribution in [0.5, 0.6) is 5.88 Å². The van der Waals surface area contributed by atoms with Gasteiger partial charge in [0.1, 0.15) is 5.69 Å². The summed E-state index contributed by atoms with van der Waals surface area (Å²) in [5, 5.41) is 4.91. The van der Waals surface area contributed by atoms with Crippen molar-refractivity contribution in [3.63, 3.8) is 0 Å². The Bertz CT molecular complexity index is 1380. The molecule has 0 aliphatic rings. The third kappa shape index (κ3) is 4.87. The van der Waals surface area contributed by atoms with Gasteiger partial charge in [-0.05, 0) is 48.0 Å². The Hall–Kier alpha value is -3.36. The molecule has 0 saturated carbocycles. The molecule has 0 bridgehead atoms. The standard InChI is InChI=1S/C22H19ClN4O3S/c1-30-22-21(27-31(2,28)29)11-15(13-25-22)14-6-7-19-18(10-14)20(8-9-24-19)26-17-5-3-4-16(23)12-17/h3-13,27H,1-2H3,(H,24,26). The largest absolute Gasteiger partial charge is 0.480 e. The fourth-order valence-electron chi connectivity index (χ4n) is 3.20. The molecule has 0 aliphatic carbocycles. The second kappa shape index (κ2) is 8.41. The van der Waals surface area contributed by atoms with Crippen LogP contribution in [0.1, 0.15) is 0 Å². The van der Waals surface area contributed by atoms with E-state index in [1.54, 1.807) is 18.5 Å². The number of sulfonamides is 1. The first-order chi connectivity index (χ1) is 14.8. The van der Waals surface area contributed by atoms with Crippen molar-refractivity contribution in [3.05, 3.63) is 72.0 Å². The van der Waals surface area contributed by atoms with Gasteiger partial charge in [0, 0.05) is 39.7 Å². The Morgan fingerprint density at radius 2 is 1.81 bits per heavy atom. The molecule has 7 nitrogen and oxygen atoms in total. The molecule has 0 amide bonds. The summed E-state index contributed by atoms with van der Waals surface area (Å²) in [6.45, 7) is 0. The molecule has 0 atom stereocenters. The molecule has 31 heavy (non-hydrogen) atoms. The van der Waals surface area contributed by atoms with Crippen molar-refractivity contribution in [1.82, 2.24) is 9.97 Å². The highest BCUT2D eigenvalue weighted by molar-refractivity contribution is 7.92. The molecule has 0 radical (unpaired) electrons. The van der Waals surface area contributed by atoms with E-state index in [9.17, 15) is 8.42 Å². The minimum absolute atomic E-state index is 0.194. The van der Waals surface area contributed by atoms with Crippen molar-refractivity contribution < 1.29 is 13.2 Å². The number of nitrogens with zero attached hydrogens (tertiary/aromatic N) is 2. The fraction of sp³-hybridized carbons (Fsp3) is 0.0909. The Balaban J connectivity index is 1.78. The number of rotatable bonds is 6. The number of aromatic nitrogens is 2. The van der Waals surface area contributed by atoms with E-state index in [0.29, 0.717) is 5.02 Å². The fourth-order valence-corrected chi connectivity index (χ4v) is 3.94. The predicted octanol–water partition coefficient (Wildman–Crippen LogP) is 5.07. The Morgan fingerprint density at radius 1 is 0.968 bits per heavy atom. The zero-order valence-electron chi connectivity index (χ0n) is 16.8. The molecule has 4 aromatic rings. The van der Waals surface area contributed by atoms with Crippen LogP contribution < -0.4 is 14.8 Å². The molecule has 2 N–H and O–H groups in total. The molecule has 0 fully saturated rings. The van der Waals surface area contributed by atoms with Crippen LogP contribution in [0, 0.1) is 0 Å². The molecule has 0 unspecified atom stereocenters. The number of hydrogen-bond acceptors (Lipinski definition) is 6. The van der Waals surface area contributed by atoms with Crippen LogP contribution in [-0.4, -0.2) is 31.8 Å². The topological polar surface area (TPSA) is 93.2 Å². The second-order valence-corrected chi connectivity index (χ2v) is 9.07. The Kier molecular flexibility index (Phi) is 5.67. The van der Waals surface area contributed by atoms with Gasteiger partial charge in [-0.1, -0.05) is 23.7 Å². The first kappa shape index (κ1) is 20.9. The highest BCUT2D eigenvalue weighted by Crippen LogP contribution is 2.33. The Morgan fingerprint density at radius 3 is 2.55 bits per heavy atom. The maximum atomic E-state index is 11.7. The lowest BCUT2D eigenvalue weighted by molar-refractivity contribution is 0.400. The van der Waals surface area contributed by atoms with Gasteiger partial charge in [-0.15, -0.1) is 0 Å². The summed E-state index contributed by atoms with van der Waals surface area (Å²) in [5.41, 5.74) is 4.38. The minimum Gasteiger partial charge on any atom is -0.480 e. The lowest BCUT2D eigenvalue weighted by Gasteiger charge is -2.13. The van der Waals surface area contributed by atoms with E-state index in [1.807, 2.05) is 48.5 Å². The van der Waals surface area contributed by atoms with E-state index < -0.39 is 10.0 Å². The normalized spacial score (nSPS) is 11.3. The lowest BCUT2D eigenvalue weighted by atomic mass is 10.0. The Labute approximate surface area is 185 Å². The van der Waals surface area contributed by atoms with E-state index in [0.717, 1.165) is 39.7 Å². The third-order valence-electron chi connectivity index (χ3n) is 4.52. The molecule has 9 heteroatoms. The molecule has 0 saturated heterocycles. The van der Waals surface area contributed by atoms with Gasteiger partial charge in [-0.25, -0.2) is 13.4 Å². The van der Waals surface area contributed by atoms with Gasteiger partial charge in [0.05, 0.1) is 18.9 Å². The highest BCUT2D eigenvalue weighted by atomic mass is 35.5. The molecule has 0 spiro atoms. The monoisotopic (exact) mass is 454 g/mol. The quantitative estimate of drug-likeness (QED) is 0.422. The number of fused-ring (bicyclic) bond motifs is 1. The molecule has 2 heterocycles. The summed E-state index contributed by atoms with van der Waals surface area (Å²) >= 11 is 6.10. The second-order valence-electron chi connectivity index (χ2n) is 6.88. The molecule has 158 valence electrons. The van der Waals surface area contributed by atoms with Gasteiger partial charge >= 0.3 is 0 Å². The van der Waals surface area contributed by atoms with Gasteiger partial charge in [-0.3, -0.25) is 9.71 Å². The van der Waals surface area contributed by atoms with Gasteiger partial charge in [0.2, 0.25) is 15.9 Å². The molecule has 0 aliphatic heterocycles. The van der Waals surface area contributed by atoms with Crippen LogP contribution in [0.4, 0.5) is 17.1 Å². The number of halogens is 1. The van der Waals surface area contributed by atoms with Crippen molar-refractivity contribution >= 4 is 49.6 Å². The zero-order chi connectivity index (χ0) is 22.0. The zero-order valence-corrected chi connectivity index (χ0v) is 18.3. The molecular formula is C22H19ClN4O3S. The van der Waals surface area contributed by atoms with Gasteiger partial charge < -0.3 is 10.1 Å². The van der Waals surface area contributed by atoms with E-state index in [4.69, 9.17) is 16.3 Å². The lowest BCUT2D eigenvalue weighted by Crippen LogP contribution is -2.11. The SMILES string of the molecule is COc1ncc(-c2ccc3nccc(Nc4cccc(Cl)c4)c3c2)cc1NS(C)(=O)=O. The summed E-state index contributed by atoms with van der Waals surface area (Å²) in [7, 11) is -2.05. The third-order valence-corrected chi connectivity index (χ3v) is 5.34. The maximum absolute atomic E-state index is 11.7. The first-order valence-electron chi connectivity index (χ1n) is 9.26. The van der Waals surface area contributed by atoms with E-state index >= 15 is 0 Å². The number of ether oxygens (including phenoxy) is 1. The van der Waals surface area contributed by atoms with Crippen molar-refractivity contribution in [2.24, 2.45) is 0 Å². The van der Waals surface area contributed by atoms with E-state index in [-0.39, 0.29) is 11.6 Å².